The van der Waals surface area contributed by atoms with E-state index < -0.39 is 17.9 Å². The van der Waals surface area contributed by atoms with Crippen LogP contribution >= 0.6 is 0 Å². The first-order chi connectivity index (χ1) is 14.4. The maximum atomic E-state index is 10.2. The Morgan fingerprint density at radius 2 is 1.03 bits per heavy atom. The first-order valence-electron chi connectivity index (χ1n) is 10.4. The summed E-state index contributed by atoms with van der Waals surface area (Å²) in [6.45, 7) is 2.25. The van der Waals surface area contributed by atoms with Gasteiger partial charge in [0.15, 0.2) is 0 Å². The van der Waals surface area contributed by atoms with Gasteiger partial charge in [-0.05, 0) is 12.8 Å². The van der Waals surface area contributed by atoms with Crippen LogP contribution < -0.4 is 0 Å². The molecule has 0 saturated heterocycles. The quantitative estimate of drug-likeness (QED) is 0.162. The third-order valence-corrected chi connectivity index (χ3v) is 3.68. The summed E-state index contributed by atoms with van der Waals surface area (Å²) >= 11 is 0. The van der Waals surface area contributed by atoms with Crippen molar-refractivity contribution in [2.45, 2.75) is 71.1 Å². The number of aliphatic carboxylic acids is 3. The Hall–Kier alpha value is -2.89. The zero-order valence-corrected chi connectivity index (χ0v) is 17.9. The molecular weight excluding hydrogens is 384 g/mol. The highest BCUT2D eigenvalue weighted by atomic mass is 16.4. The van der Waals surface area contributed by atoms with E-state index in [1.54, 1.807) is 12.2 Å². The van der Waals surface area contributed by atoms with E-state index in [-0.39, 0.29) is 12.8 Å². The fourth-order valence-electron chi connectivity index (χ4n) is 2.13. The molecule has 0 radical (unpaired) electrons. The molecule has 3 N–H and O–H groups in total. The molecule has 0 aliphatic rings. The summed E-state index contributed by atoms with van der Waals surface area (Å²) < 4.78 is 0. The van der Waals surface area contributed by atoms with Crippen molar-refractivity contribution in [3.8, 4) is 0 Å². The van der Waals surface area contributed by atoms with E-state index in [1.807, 2.05) is 24.3 Å². The van der Waals surface area contributed by atoms with Gasteiger partial charge in [0, 0.05) is 6.08 Å². The van der Waals surface area contributed by atoms with Crippen molar-refractivity contribution in [1.82, 2.24) is 0 Å². The summed E-state index contributed by atoms with van der Waals surface area (Å²) in [5.74, 6) is -3.08. The molecule has 0 unspecified atom stereocenters. The molecule has 0 saturated carbocycles. The average molecular weight is 421 g/mol. The number of carboxylic acid groups (broad SMARTS) is 3. The Balaban J connectivity index is 0. The monoisotopic (exact) mass is 420 g/mol. The van der Waals surface area contributed by atoms with Gasteiger partial charge < -0.3 is 15.3 Å². The fraction of sp³-hybridized carbons (Fsp3) is 0.458. The minimum atomic E-state index is -1.08. The minimum absolute atomic E-state index is 0.296. The van der Waals surface area contributed by atoms with Crippen LogP contribution in [0, 0.1) is 0 Å². The first kappa shape index (κ1) is 29.3. The van der Waals surface area contributed by atoms with Gasteiger partial charge in [-0.3, -0.25) is 9.59 Å². The maximum Gasteiger partial charge on any atom is 0.328 e. The van der Waals surface area contributed by atoms with Crippen LogP contribution in [-0.4, -0.2) is 33.2 Å². The molecule has 168 valence electrons. The Morgan fingerprint density at radius 1 is 0.600 bits per heavy atom. The number of unbranched alkanes of at least 4 members (excludes halogenated alkanes) is 7. The topological polar surface area (TPSA) is 112 Å². The van der Waals surface area contributed by atoms with E-state index in [2.05, 4.69) is 19.1 Å². The molecule has 0 aliphatic heterocycles. The molecule has 6 nitrogen and oxygen atoms in total. The maximum absolute atomic E-state index is 10.2. The van der Waals surface area contributed by atoms with Crippen LogP contribution in [0.15, 0.2) is 60.8 Å². The fourth-order valence-corrected chi connectivity index (χ4v) is 2.13. The van der Waals surface area contributed by atoms with E-state index in [0.717, 1.165) is 12.5 Å². The molecule has 0 heterocycles. The molecule has 6 heteroatoms. The molecule has 0 spiro atoms. The van der Waals surface area contributed by atoms with Gasteiger partial charge in [0.2, 0.25) is 0 Å². The van der Waals surface area contributed by atoms with Crippen molar-refractivity contribution < 1.29 is 29.7 Å². The zero-order chi connectivity index (χ0) is 22.9. The van der Waals surface area contributed by atoms with Crippen LogP contribution in [0.5, 0.6) is 0 Å². The van der Waals surface area contributed by atoms with E-state index >= 15 is 0 Å². The molecule has 0 aromatic heterocycles. The third kappa shape index (κ3) is 32.8. The SMILES string of the molecule is CCCCCCCCCC=CC=CC=CC=CC=CC(=O)O.O=C(O)CCC(=O)O. The number of allylic oxidation sites excluding steroid dienone is 9. The lowest BCUT2D eigenvalue weighted by Gasteiger charge is -1.98. The molecule has 0 aromatic carbocycles. The highest BCUT2D eigenvalue weighted by Gasteiger charge is 2.00. The predicted molar refractivity (Wildman–Crippen MR) is 120 cm³/mol. The molecule has 0 aromatic rings. The molecule has 30 heavy (non-hydrogen) atoms. The summed E-state index contributed by atoms with van der Waals surface area (Å²) in [5.41, 5.74) is 0. The predicted octanol–water partition coefficient (Wildman–Crippen LogP) is 5.93. The van der Waals surface area contributed by atoms with Gasteiger partial charge in [-0.25, -0.2) is 4.79 Å². The number of hydrogen-bond acceptors (Lipinski definition) is 3. The van der Waals surface area contributed by atoms with Crippen molar-refractivity contribution >= 4 is 17.9 Å². The summed E-state index contributed by atoms with van der Waals surface area (Å²) in [6.07, 6.45) is 28.2. The minimum Gasteiger partial charge on any atom is -0.481 e. The van der Waals surface area contributed by atoms with Crippen LogP contribution in [0.1, 0.15) is 71.1 Å². The van der Waals surface area contributed by atoms with Crippen molar-refractivity contribution in [1.29, 1.82) is 0 Å². The van der Waals surface area contributed by atoms with Gasteiger partial charge in [0.25, 0.3) is 0 Å². The van der Waals surface area contributed by atoms with Gasteiger partial charge in [-0.2, -0.15) is 0 Å². The van der Waals surface area contributed by atoms with Gasteiger partial charge >= 0.3 is 17.9 Å². The number of rotatable bonds is 16. The lowest BCUT2D eigenvalue weighted by Crippen LogP contribution is -2.00. The van der Waals surface area contributed by atoms with Crippen molar-refractivity contribution in [3.63, 3.8) is 0 Å². The summed E-state index contributed by atoms with van der Waals surface area (Å²) in [6, 6.07) is 0. The summed E-state index contributed by atoms with van der Waals surface area (Å²) in [4.78, 5) is 29.5. The van der Waals surface area contributed by atoms with Crippen molar-refractivity contribution in [2.75, 3.05) is 0 Å². The highest BCUT2D eigenvalue weighted by Crippen LogP contribution is 2.08. The van der Waals surface area contributed by atoms with Crippen LogP contribution in [0.2, 0.25) is 0 Å². The van der Waals surface area contributed by atoms with Gasteiger partial charge in [0.05, 0.1) is 12.8 Å². The molecule has 0 fully saturated rings. The third-order valence-electron chi connectivity index (χ3n) is 3.68. The molecule has 0 rings (SSSR count). The van der Waals surface area contributed by atoms with E-state index in [9.17, 15) is 14.4 Å². The summed E-state index contributed by atoms with van der Waals surface area (Å²) in [5, 5.41) is 24.2. The molecule has 0 amide bonds. The smallest absolute Gasteiger partial charge is 0.328 e. The van der Waals surface area contributed by atoms with Crippen LogP contribution in [0.25, 0.3) is 0 Å². The molecule has 0 bridgehead atoms. The molecular formula is C24H36O6. The van der Waals surface area contributed by atoms with Gasteiger partial charge in [0.1, 0.15) is 0 Å². The van der Waals surface area contributed by atoms with Crippen LogP contribution in [0.3, 0.4) is 0 Å². The van der Waals surface area contributed by atoms with E-state index in [4.69, 9.17) is 15.3 Å². The largest absolute Gasteiger partial charge is 0.481 e. The van der Waals surface area contributed by atoms with Crippen molar-refractivity contribution in [3.05, 3.63) is 60.8 Å². The van der Waals surface area contributed by atoms with Crippen LogP contribution in [-0.2, 0) is 14.4 Å². The number of carbonyl (C=O) groups is 3. The lowest BCUT2D eigenvalue weighted by atomic mass is 10.1. The Kier molecular flexibility index (Phi) is 23.6. The zero-order valence-electron chi connectivity index (χ0n) is 17.9. The second kappa shape index (κ2) is 24.1. The normalized spacial score (nSPS) is 11.6. The summed E-state index contributed by atoms with van der Waals surface area (Å²) in [7, 11) is 0. The first-order valence-corrected chi connectivity index (χ1v) is 10.4. The second-order valence-electron chi connectivity index (χ2n) is 6.48. The highest BCUT2D eigenvalue weighted by molar-refractivity contribution is 5.80. The van der Waals surface area contributed by atoms with E-state index in [1.165, 1.54) is 51.0 Å². The Bertz CT molecular complexity index is 583. The molecule has 0 aliphatic carbocycles. The average Bonchev–Trinajstić information content (AvgIpc) is 2.69. The molecule has 0 atom stereocenters. The van der Waals surface area contributed by atoms with Crippen molar-refractivity contribution in [2.24, 2.45) is 0 Å². The Labute approximate surface area is 180 Å². The second-order valence-corrected chi connectivity index (χ2v) is 6.48. The standard InChI is InChI=1S/C20H30O2.C4H6O4/c1-2-3-4-5-6-7-8-9-10-11-12-13-14-15-16-17-18-19-20(21)22;5-3(6)1-2-4(7)8/h10-19H,2-9H2,1H3,(H,21,22);1-2H2,(H,5,6)(H,7,8). The van der Waals surface area contributed by atoms with Crippen LogP contribution in [0.4, 0.5) is 0 Å². The van der Waals surface area contributed by atoms with Gasteiger partial charge in [-0.15, -0.1) is 0 Å². The lowest BCUT2D eigenvalue weighted by molar-refractivity contribution is -0.143. The van der Waals surface area contributed by atoms with E-state index in [0.29, 0.717) is 0 Å². The van der Waals surface area contributed by atoms with Gasteiger partial charge in [-0.1, -0.05) is 100 Å². The number of hydrogen-bond donors (Lipinski definition) is 3. The number of carboxylic acids is 3. The Morgan fingerprint density at radius 3 is 1.50 bits per heavy atom.